The van der Waals surface area contributed by atoms with Crippen LogP contribution in [0.25, 0.3) is 0 Å². The molecule has 0 fully saturated rings. The zero-order valence-electron chi connectivity index (χ0n) is 11.3. The van der Waals surface area contributed by atoms with Crippen molar-refractivity contribution < 1.29 is 8.42 Å². The van der Waals surface area contributed by atoms with E-state index in [4.69, 9.17) is 5.73 Å². The van der Waals surface area contributed by atoms with E-state index in [2.05, 4.69) is 14.7 Å². The third-order valence-electron chi connectivity index (χ3n) is 2.65. The molecule has 0 atom stereocenters. The number of thioether (sulfide) groups is 1. The van der Waals surface area contributed by atoms with Crippen molar-refractivity contribution in [2.75, 3.05) is 17.2 Å². The van der Waals surface area contributed by atoms with Crippen molar-refractivity contribution in [1.29, 1.82) is 0 Å². The van der Waals surface area contributed by atoms with Crippen LogP contribution < -0.4 is 10.5 Å². The fraction of sp³-hybridized carbons (Fsp3) is 0.231. The highest BCUT2D eigenvalue weighted by Crippen LogP contribution is 2.24. The van der Waals surface area contributed by atoms with Gasteiger partial charge in [0.2, 0.25) is 10.0 Å². The number of nitrogens with two attached hydrogens (primary N) is 1. The predicted octanol–water partition coefficient (Wildman–Crippen LogP) is 1.27. The lowest BCUT2D eigenvalue weighted by Gasteiger charge is -2.07. The lowest BCUT2D eigenvalue weighted by Crippen LogP contribution is -2.27. The molecule has 0 radical (unpaired) electrons. The monoisotopic (exact) mass is 324 g/mol. The molecule has 21 heavy (non-hydrogen) atoms. The molecule has 0 saturated carbocycles. The van der Waals surface area contributed by atoms with E-state index in [9.17, 15) is 8.42 Å². The quantitative estimate of drug-likeness (QED) is 0.588. The third kappa shape index (κ3) is 5.33. The van der Waals surface area contributed by atoms with Crippen molar-refractivity contribution in [2.45, 2.75) is 11.4 Å². The molecule has 112 valence electrons. The van der Waals surface area contributed by atoms with Crippen molar-refractivity contribution in [3.63, 3.8) is 0 Å². The van der Waals surface area contributed by atoms with Gasteiger partial charge in [-0.1, -0.05) is 12.1 Å². The van der Waals surface area contributed by atoms with Crippen LogP contribution >= 0.6 is 11.8 Å². The van der Waals surface area contributed by atoms with E-state index in [1.165, 1.54) is 18.1 Å². The zero-order valence-corrected chi connectivity index (χ0v) is 12.9. The Balaban J connectivity index is 1.80. The summed E-state index contributed by atoms with van der Waals surface area (Å²) in [6, 6.07) is 9.06. The van der Waals surface area contributed by atoms with Crippen LogP contribution in [0.1, 0.15) is 5.69 Å². The van der Waals surface area contributed by atoms with Gasteiger partial charge in [-0.15, -0.1) is 11.8 Å². The molecule has 1 aromatic carbocycles. The van der Waals surface area contributed by atoms with Gasteiger partial charge >= 0.3 is 0 Å². The summed E-state index contributed by atoms with van der Waals surface area (Å²) in [6.07, 6.45) is 2.96. The molecule has 1 heterocycles. The van der Waals surface area contributed by atoms with Crippen LogP contribution in [0.5, 0.6) is 0 Å². The number of aromatic nitrogens is 2. The molecule has 8 heteroatoms. The van der Waals surface area contributed by atoms with E-state index >= 15 is 0 Å². The molecule has 0 aliphatic carbocycles. The molecular formula is C13H16N4O2S2. The number of rotatable bonds is 7. The van der Waals surface area contributed by atoms with Crippen molar-refractivity contribution in [3.05, 3.63) is 48.5 Å². The van der Waals surface area contributed by atoms with Gasteiger partial charge in [0.05, 0.1) is 18.0 Å². The van der Waals surface area contributed by atoms with Gasteiger partial charge in [0.25, 0.3) is 0 Å². The first kappa shape index (κ1) is 15.7. The summed E-state index contributed by atoms with van der Waals surface area (Å²) in [5.41, 5.74) is 7.10. The Kier molecular flexibility index (Phi) is 5.54. The summed E-state index contributed by atoms with van der Waals surface area (Å²) < 4.78 is 26.3. The minimum atomic E-state index is -3.33. The zero-order chi connectivity index (χ0) is 15.1. The minimum absolute atomic E-state index is 0.0249. The summed E-state index contributed by atoms with van der Waals surface area (Å²) in [5.74, 6) is 0.463. The average Bonchev–Trinajstić information content (AvgIpc) is 2.48. The highest BCUT2D eigenvalue weighted by Gasteiger charge is 2.11. The Morgan fingerprint density at radius 3 is 2.76 bits per heavy atom. The van der Waals surface area contributed by atoms with Gasteiger partial charge in [-0.25, -0.2) is 23.1 Å². The van der Waals surface area contributed by atoms with Crippen LogP contribution in [0.4, 0.5) is 5.69 Å². The minimum Gasteiger partial charge on any atom is -0.398 e. The largest absolute Gasteiger partial charge is 0.398 e. The summed E-state index contributed by atoms with van der Waals surface area (Å²) in [4.78, 5) is 8.63. The molecule has 0 bridgehead atoms. The van der Waals surface area contributed by atoms with E-state index in [0.717, 1.165) is 4.90 Å². The molecule has 1 aromatic heterocycles. The van der Waals surface area contributed by atoms with Crippen LogP contribution in [0.2, 0.25) is 0 Å². The van der Waals surface area contributed by atoms with Gasteiger partial charge in [0.15, 0.2) is 0 Å². The SMILES string of the molecule is Nc1ccccc1SCCS(=O)(=O)NCc1ccncn1. The average molecular weight is 324 g/mol. The molecular weight excluding hydrogens is 308 g/mol. The number of nitrogen functional groups attached to an aromatic ring is 1. The van der Waals surface area contributed by atoms with Crippen molar-refractivity contribution >= 4 is 27.5 Å². The molecule has 2 rings (SSSR count). The van der Waals surface area contributed by atoms with Crippen LogP contribution in [0.15, 0.2) is 47.8 Å². The van der Waals surface area contributed by atoms with Gasteiger partial charge in [0, 0.05) is 22.5 Å². The molecule has 0 amide bonds. The topological polar surface area (TPSA) is 98.0 Å². The summed E-state index contributed by atoms with van der Waals surface area (Å²) in [6.45, 7) is 0.170. The van der Waals surface area contributed by atoms with Crippen LogP contribution in [0.3, 0.4) is 0 Å². The van der Waals surface area contributed by atoms with E-state index in [1.807, 2.05) is 18.2 Å². The number of para-hydroxylation sites is 1. The lowest BCUT2D eigenvalue weighted by molar-refractivity contribution is 0.582. The maximum Gasteiger partial charge on any atom is 0.212 e. The summed E-state index contributed by atoms with van der Waals surface area (Å²) >= 11 is 1.43. The Bertz CT molecular complexity index is 678. The Hall–Kier alpha value is -1.64. The third-order valence-corrected chi connectivity index (χ3v) is 5.32. The molecule has 0 unspecified atom stereocenters. The van der Waals surface area contributed by atoms with Gasteiger partial charge in [-0.2, -0.15) is 0 Å². The first-order valence-corrected chi connectivity index (χ1v) is 8.90. The highest BCUT2D eigenvalue weighted by molar-refractivity contribution is 8.00. The molecule has 0 aliphatic rings. The number of anilines is 1. The van der Waals surface area contributed by atoms with E-state index in [0.29, 0.717) is 17.1 Å². The Morgan fingerprint density at radius 1 is 1.24 bits per heavy atom. The number of sulfonamides is 1. The van der Waals surface area contributed by atoms with Crippen molar-refractivity contribution in [1.82, 2.24) is 14.7 Å². The molecule has 2 aromatic rings. The van der Waals surface area contributed by atoms with Gasteiger partial charge in [0.1, 0.15) is 6.33 Å². The molecule has 3 N–H and O–H groups in total. The van der Waals surface area contributed by atoms with Crippen LogP contribution in [0, 0.1) is 0 Å². The fourth-order valence-electron chi connectivity index (χ4n) is 1.55. The fourth-order valence-corrected chi connectivity index (χ4v) is 3.90. The van der Waals surface area contributed by atoms with E-state index in [1.54, 1.807) is 18.3 Å². The van der Waals surface area contributed by atoms with Gasteiger partial charge in [-0.05, 0) is 18.2 Å². The normalized spacial score (nSPS) is 11.4. The van der Waals surface area contributed by atoms with Gasteiger partial charge < -0.3 is 5.73 Å². The molecule has 0 spiro atoms. The first-order valence-electron chi connectivity index (χ1n) is 6.26. The molecule has 0 aliphatic heterocycles. The molecule has 6 nitrogen and oxygen atoms in total. The Labute approximate surface area is 128 Å². The summed E-state index contributed by atoms with van der Waals surface area (Å²) in [7, 11) is -3.33. The smallest absolute Gasteiger partial charge is 0.212 e. The number of nitrogens with one attached hydrogen (secondary N) is 1. The number of hydrogen-bond acceptors (Lipinski definition) is 6. The summed E-state index contributed by atoms with van der Waals surface area (Å²) in [5, 5.41) is 0. The van der Waals surface area contributed by atoms with E-state index < -0.39 is 10.0 Å². The van der Waals surface area contributed by atoms with Crippen LogP contribution in [-0.2, 0) is 16.6 Å². The van der Waals surface area contributed by atoms with Crippen molar-refractivity contribution in [3.8, 4) is 0 Å². The maximum atomic E-state index is 11.9. The second kappa shape index (κ2) is 7.39. The van der Waals surface area contributed by atoms with E-state index in [-0.39, 0.29) is 12.3 Å². The maximum absolute atomic E-state index is 11.9. The molecule has 0 saturated heterocycles. The Morgan fingerprint density at radius 2 is 2.05 bits per heavy atom. The lowest BCUT2D eigenvalue weighted by atomic mass is 10.3. The van der Waals surface area contributed by atoms with Gasteiger partial charge in [-0.3, -0.25) is 0 Å². The number of hydrogen-bond donors (Lipinski definition) is 2. The van der Waals surface area contributed by atoms with Crippen molar-refractivity contribution in [2.24, 2.45) is 0 Å². The number of nitrogens with zero attached hydrogens (tertiary/aromatic N) is 2. The first-order chi connectivity index (χ1) is 10.1. The van der Waals surface area contributed by atoms with Crippen LogP contribution in [-0.4, -0.2) is 29.9 Å². The standard InChI is InChI=1S/C13H16N4O2S2/c14-12-3-1-2-4-13(12)20-7-8-21(18,19)17-9-11-5-6-15-10-16-11/h1-6,10,17H,7-9,14H2. The highest BCUT2D eigenvalue weighted by atomic mass is 32.2. The number of benzene rings is 1. The second-order valence-corrected chi connectivity index (χ2v) is 7.29. The second-order valence-electron chi connectivity index (χ2n) is 4.23. The predicted molar refractivity (Wildman–Crippen MR) is 84.2 cm³/mol.